The Bertz CT molecular complexity index is 781. The second kappa shape index (κ2) is 9.16. The first-order valence-electron chi connectivity index (χ1n) is 8.99. The van der Waals surface area contributed by atoms with Crippen LogP contribution in [0.5, 0.6) is 11.6 Å². The van der Waals surface area contributed by atoms with Crippen molar-refractivity contribution in [3.8, 4) is 11.6 Å². The number of nitrogens with one attached hydrogen (secondary N) is 1. The second-order valence-corrected chi connectivity index (χ2v) is 6.22. The number of anilines is 1. The van der Waals surface area contributed by atoms with Gasteiger partial charge in [-0.05, 0) is 31.9 Å². The maximum atomic E-state index is 13.4. The Labute approximate surface area is 157 Å². The molecule has 0 radical (unpaired) electrons. The largest absolute Gasteiger partial charge is 0.481 e. The first-order valence-corrected chi connectivity index (χ1v) is 8.99. The molecule has 144 valence electrons. The molecule has 0 bridgehead atoms. The third-order valence-electron chi connectivity index (χ3n) is 4.10. The van der Waals surface area contributed by atoms with Crippen molar-refractivity contribution in [3.05, 3.63) is 42.0 Å². The number of hydrogen-bond donors (Lipinski definition) is 1. The molecule has 0 aliphatic carbocycles. The van der Waals surface area contributed by atoms with E-state index in [9.17, 15) is 9.18 Å². The Hall–Kier alpha value is -2.90. The molecule has 0 spiro atoms. The van der Waals surface area contributed by atoms with Gasteiger partial charge in [-0.1, -0.05) is 12.1 Å². The number of ether oxygens (including phenoxy) is 2. The van der Waals surface area contributed by atoms with Crippen molar-refractivity contribution < 1.29 is 18.7 Å². The predicted octanol–water partition coefficient (Wildman–Crippen LogP) is 2.10. The first-order chi connectivity index (χ1) is 13.1. The predicted molar refractivity (Wildman–Crippen MR) is 98.6 cm³/mol. The number of hydrogen-bond acceptors (Lipinski definition) is 6. The van der Waals surface area contributed by atoms with Gasteiger partial charge in [0.25, 0.3) is 5.91 Å². The molecule has 1 N–H and O–H groups in total. The molecule has 1 fully saturated rings. The van der Waals surface area contributed by atoms with Gasteiger partial charge in [-0.3, -0.25) is 4.79 Å². The van der Waals surface area contributed by atoms with E-state index in [0.717, 1.165) is 18.9 Å². The van der Waals surface area contributed by atoms with E-state index in [1.807, 2.05) is 13.0 Å². The standard InChI is InChI=1S/C19H23FN4O3/c1-14-22-17(24-9-4-5-10-24)12-19(23-14)26-11-8-21-18(25)13-27-16-7-3-2-6-15(16)20/h2-3,6-7,12H,4-5,8-11,13H2,1H3,(H,21,25). The van der Waals surface area contributed by atoms with Crippen LogP contribution in [0.15, 0.2) is 30.3 Å². The van der Waals surface area contributed by atoms with Crippen molar-refractivity contribution in [2.45, 2.75) is 19.8 Å². The summed E-state index contributed by atoms with van der Waals surface area (Å²) in [5.41, 5.74) is 0. The molecule has 1 aliphatic heterocycles. The van der Waals surface area contributed by atoms with Crippen molar-refractivity contribution >= 4 is 11.7 Å². The highest BCUT2D eigenvalue weighted by molar-refractivity contribution is 5.77. The van der Waals surface area contributed by atoms with E-state index >= 15 is 0 Å². The first kappa shape index (κ1) is 18.9. The quantitative estimate of drug-likeness (QED) is 0.713. The van der Waals surface area contributed by atoms with E-state index in [-0.39, 0.29) is 24.9 Å². The van der Waals surface area contributed by atoms with Gasteiger partial charge in [0.1, 0.15) is 18.2 Å². The summed E-state index contributed by atoms with van der Waals surface area (Å²) >= 11 is 0. The van der Waals surface area contributed by atoms with Crippen LogP contribution in [0.2, 0.25) is 0 Å². The zero-order valence-corrected chi connectivity index (χ0v) is 15.3. The number of benzene rings is 1. The molecule has 2 heterocycles. The molecule has 1 amide bonds. The normalized spacial score (nSPS) is 13.5. The number of nitrogens with zero attached hydrogens (tertiary/aromatic N) is 3. The van der Waals surface area contributed by atoms with Gasteiger partial charge in [-0.25, -0.2) is 9.37 Å². The van der Waals surface area contributed by atoms with Crippen LogP contribution in [0, 0.1) is 12.7 Å². The highest BCUT2D eigenvalue weighted by Crippen LogP contribution is 2.21. The minimum absolute atomic E-state index is 0.0507. The molecule has 27 heavy (non-hydrogen) atoms. The SMILES string of the molecule is Cc1nc(OCCNC(=O)COc2ccccc2F)cc(N2CCCC2)n1. The van der Waals surface area contributed by atoms with E-state index in [0.29, 0.717) is 18.2 Å². The van der Waals surface area contributed by atoms with E-state index < -0.39 is 5.82 Å². The van der Waals surface area contributed by atoms with Crippen LogP contribution in [0.4, 0.5) is 10.2 Å². The summed E-state index contributed by atoms with van der Waals surface area (Å²) in [6.07, 6.45) is 2.33. The van der Waals surface area contributed by atoms with Crippen molar-refractivity contribution in [3.63, 3.8) is 0 Å². The number of amides is 1. The minimum atomic E-state index is -0.499. The number of para-hydroxylation sites is 1. The molecule has 0 unspecified atom stereocenters. The Morgan fingerprint density at radius 3 is 2.78 bits per heavy atom. The third-order valence-corrected chi connectivity index (χ3v) is 4.10. The van der Waals surface area contributed by atoms with Gasteiger partial charge in [-0.2, -0.15) is 4.98 Å². The summed E-state index contributed by atoms with van der Waals surface area (Å²) in [7, 11) is 0. The fourth-order valence-electron chi connectivity index (χ4n) is 2.81. The molecule has 0 atom stereocenters. The van der Waals surface area contributed by atoms with Gasteiger partial charge < -0.3 is 19.7 Å². The minimum Gasteiger partial charge on any atom is -0.481 e. The average molecular weight is 374 g/mol. The van der Waals surface area contributed by atoms with Crippen LogP contribution >= 0.6 is 0 Å². The number of aromatic nitrogens is 2. The lowest BCUT2D eigenvalue weighted by molar-refractivity contribution is -0.123. The topological polar surface area (TPSA) is 76.6 Å². The van der Waals surface area contributed by atoms with Gasteiger partial charge in [0.15, 0.2) is 18.2 Å². The highest BCUT2D eigenvalue weighted by atomic mass is 19.1. The number of carbonyl (C=O) groups is 1. The van der Waals surface area contributed by atoms with Gasteiger partial charge in [0.05, 0.1) is 6.54 Å². The smallest absolute Gasteiger partial charge is 0.258 e. The number of rotatable bonds is 8. The molecule has 1 aromatic heterocycles. The van der Waals surface area contributed by atoms with Crippen LogP contribution in [0.1, 0.15) is 18.7 Å². The summed E-state index contributed by atoms with van der Waals surface area (Å²) in [6, 6.07) is 7.78. The van der Waals surface area contributed by atoms with Gasteiger partial charge in [0.2, 0.25) is 5.88 Å². The molecule has 1 aromatic carbocycles. The van der Waals surface area contributed by atoms with E-state index in [1.165, 1.54) is 25.0 Å². The summed E-state index contributed by atoms with van der Waals surface area (Å²) in [4.78, 5) is 22.7. The lowest BCUT2D eigenvalue weighted by Gasteiger charge is -2.17. The molecule has 7 nitrogen and oxygen atoms in total. The number of carbonyl (C=O) groups excluding carboxylic acids is 1. The second-order valence-electron chi connectivity index (χ2n) is 6.22. The molecule has 2 aromatic rings. The zero-order valence-electron chi connectivity index (χ0n) is 15.3. The monoisotopic (exact) mass is 374 g/mol. The van der Waals surface area contributed by atoms with Crippen LogP contribution < -0.4 is 19.7 Å². The lowest BCUT2D eigenvalue weighted by Crippen LogP contribution is -2.32. The van der Waals surface area contributed by atoms with E-state index in [4.69, 9.17) is 9.47 Å². The summed E-state index contributed by atoms with van der Waals surface area (Å²) < 4.78 is 24.2. The number of halogens is 1. The fraction of sp³-hybridized carbons (Fsp3) is 0.421. The van der Waals surface area contributed by atoms with Crippen molar-refractivity contribution in [1.29, 1.82) is 0 Å². The fourth-order valence-corrected chi connectivity index (χ4v) is 2.81. The summed E-state index contributed by atoms with van der Waals surface area (Å²) in [5, 5.41) is 2.66. The van der Waals surface area contributed by atoms with Crippen LogP contribution in [-0.2, 0) is 4.79 Å². The Morgan fingerprint density at radius 2 is 2.00 bits per heavy atom. The molecule has 0 saturated carbocycles. The van der Waals surface area contributed by atoms with Gasteiger partial charge >= 0.3 is 0 Å². The van der Waals surface area contributed by atoms with E-state index in [1.54, 1.807) is 12.1 Å². The van der Waals surface area contributed by atoms with Crippen LogP contribution in [0.25, 0.3) is 0 Å². The molecule has 1 saturated heterocycles. The lowest BCUT2D eigenvalue weighted by atomic mass is 10.3. The average Bonchev–Trinajstić information content (AvgIpc) is 3.19. The Morgan fingerprint density at radius 1 is 1.22 bits per heavy atom. The van der Waals surface area contributed by atoms with Gasteiger partial charge in [0, 0.05) is 19.2 Å². The van der Waals surface area contributed by atoms with Crippen LogP contribution in [-0.4, -0.2) is 48.7 Å². The Kier molecular flexibility index (Phi) is 6.40. The van der Waals surface area contributed by atoms with Crippen LogP contribution in [0.3, 0.4) is 0 Å². The van der Waals surface area contributed by atoms with Crippen molar-refractivity contribution in [2.75, 3.05) is 37.7 Å². The molecule has 3 rings (SSSR count). The number of aryl methyl sites for hydroxylation is 1. The highest BCUT2D eigenvalue weighted by Gasteiger charge is 2.15. The summed E-state index contributed by atoms with van der Waals surface area (Å²) in [6.45, 7) is 4.12. The van der Waals surface area contributed by atoms with Gasteiger partial charge in [-0.15, -0.1) is 0 Å². The van der Waals surface area contributed by atoms with E-state index in [2.05, 4.69) is 20.2 Å². The third kappa shape index (κ3) is 5.54. The molecular weight excluding hydrogens is 351 g/mol. The maximum absolute atomic E-state index is 13.4. The summed E-state index contributed by atoms with van der Waals surface area (Å²) in [5.74, 6) is 1.21. The molecule has 1 aliphatic rings. The van der Waals surface area contributed by atoms with Crippen molar-refractivity contribution in [2.24, 2.45) is 0 Å². The maximum Gasteiger partial charge on any atom is 0.258 e. The van der Waals surface area contributed by atoms with Crippen molar-refractivity contribution in [1.82, 2.24) is 15.3 Å². The Balaban J connectivity index is 1.40. The zero-order chi connectivity index (χ0) is 19.1. The molecule has 8 heteroatoms. The molecular formula is C19H23FN4O3.